The first-order valence-corrected chi connectivity index (χ1v) is 5.80. The van der Waals surface area contributed by atoms with E-state index >= 15 is 0 Å². The van der Waals surface area contributed by atoms with E-state index in [4.69, 9.17) is 4.42 Å². The Hall–Kier alpha value is -1.04. The van der Waals surface area contributed by atoms with Crippen molar-refractivity contribution in [2.24, 2.45) is 0 Å². The van der Waals surface area contributed by atoms with E-state index in [2.05, 4.69) is 10.3 Å². The Labute approximate surface area is 97.4 Å². The lowest BCUT2D eigenvalue weighted by Gasteiger charge is -2.06. The SMILES string of the molecule is CCc1nc(CC2CCCN2)oc1C(F)(F)F. The summed E-state index contributed by atoms with van der Waals surface area (Å²) in [5.41, 5.74) is 0.00509. The molecule has 6 heteroatoms. The quantitative estimate of drug-likeness (QED) is 0.893. The van der Waals surface area contributed by atoms with E-state index in [1.165, 1.54) is 0 Å². The van der Waals surface area contributed by atoms with Crippen LogP contribution in [0.15, 0.2) is 4.42 Å². The van der Waals surface area contributed by atoms with Crippen molar-refractivity contribution >= 4 is 0 Å². The summed E-state index contributed by atoms with van der Waals surface area (Å²) in [5.74, 6) is -0.749. The third kappa shape index (κ3) is 2.80. The molecule has 0 saturated carbocycles. The summed E-state index contributed by atoms with van der Waals surface area (Å²) in [5, 5.41) is 3.21. The van der Waals surface area contributed by atoms with Crippen molar-refractivity contribution in [1.29, 1.82) is 0 Å². The van der Waals surface area contributed by atoms with Gasteiger partial charge in [-0.1, -0.05) is 6.92 Å². The third-order valence-corrected chi connectivity index (χ3v) is 2.92. The van der Waals surface area contributed by atoms with E-state index in [0.29, 0.717) is 6.42 Å². The highest BCUT2D eigenvalue weighted by Gasteiger charge is 2.39. The predicted molar refractivity (Wildman–Crippen MR) is 55.6 cm³/mol. The van der Waals surface area contributed by atoms with Crippen molar-refractivity contribution < 1.29 is 17.6 Å². The molecule has 1 atom stereocenters. The van der Waals surface area contributed by atoms with Gasteiger partial charge in [-0.05, 0) is 25.8 Å². The molecule has 17 heavy (non-hydrogen) atoms. The molecular weight excluding hydrogens is 233 g/mol. The zero-order valence-electron chi connectivity index (χ0n) is 9.60. The average molecular weight is 248 g/mol. The van der Waals surface area contributed by atoms with Crippen LogP contribution in [0.25, 0.3) is 0 Å². The summed E-state index contributed by atoms with van der Waals surface area (Å²) in [7, 11) is 0. The van der Waals surface area contributed by atoms with E-state index in [-0.39, 0.29) is 24.0 Å². The first-order valence-electron chi connectivity index (χ1n) is 5.80. The molecule has 1 saturated heterocycles. The normalized spacial score (nSPS) is 21.1. The van der Waals surface area contributed by atoms with Crippen LogP contribution in [0.2, 0.25) is 0 Å². The summed E-state index contributed by atoms with van der Waals surface area (Å²) in [6, 6.07) is 0.194. The number of nitrogens with zero attached hydrogens (tertiary/aromatic N) is 1. The average Bonchev–Trinajstić information content (AvgIpc) is 2.86. The molecule has 1 aliphatic heterocycles. The molecule has 3 nitrogen and oxygen atoms in total. The summed E-state index contributed by atoms with van der Waals surface area (Å²) < 4.78 is 42.7. The van der Waals surface area contributed by atoms with E-state index in [0.717, 1.165) is 19.4 Å². The number of nitrogens with one attached hydrogen (secondary N) is 1. The Morgan fingerprint density at radius 3 is 2.71 bits per heavy atom. The maximum atomic E-state index is 12.6. The fourth-order valence-corrected chi connectivity index (χ4v) is 2.09. The highest BCUT2D eigenvalue weighted by Crippen LogP contribution is 2.33. The fourth-order valence-electron chi connectivity index (χ4n) is 2.09. The fraction of sp³-hybridized carbons (Fsp3) is 0.727. The highest BCUT2D eigenvalue weighted by molar-refractivity contribution is 5.13. The van der Waals surface area contributed by atoms with Gasteiger partial charge in [-0.25, -0.2) is 4.98 Å². The molecule has 0 spiro atoms. The molecule has 0 radical (unpaired) electrons. The molecule has 0 amide bonds. The van der Waals surface area contributed by atoms with E-state index < -0.39 is 11.9 Å². The van der Waals surface area contributed by atoms with Crippen molar-refractivity contribution in [2.45, 2.75) is 44.8 Å². The number of hydrogen-bond acceptors (Lipinski definition) is 3. The number of aryl methyl sites for hydroxylation is 1. The van der Waals surface area contributed by atoms with Crippen LogP contribution in [0.1, 0.15) is 37.1 Å². The van der Waals surface area contributed by atoms with Gasteiger partial charge in [0.1, 0.15) is 0 Å². The predicted octanol–water partition coefficient (Wildman–Crippen LogP) is 2.55. The van der Waals surface area contributed by atoms with Gasteiger partial charge in [0.25, 0.3) is 0 Å². The minimum Gasteiger partial charge on any atom is -0.436 e. The summed E-state index contributed by atoms with van der Waals surface area (Å²) in [6.45, 7) is 2.56. The molecule has 2 heterocycles. The molecule has 0 bridgehead atoms. The van der Waals surface area contributed by atoms with Gasteiger partial charge in [-0.2, -0.15) is 13.2 Å². The van der Waals surface area contributed by atoms with Crippen LogP contribution in [0, 0.1) is 0 Å². The lowest BCUT2D eigenvalue weighted by atomic mass is 10.1. The minimum atomic E-state index is -4.44. The molecule has 1 aromatic heterocycles. The summed E-state index contributed by atoms with van der Waals surface area (Å²) in [4.78, 5) is 3.93. The molecule has 1 N–H and O–H groups in total. The third-order valence-electron chi connectivity index (χ3n) is 2.92. The number of oxazole rings is 1. The van der Waals surface area contributed by atoms with Crippen molar-refractivity contribution in [2.75, 3.05) is 6.54 Å². The van der Waals surface area contributed by atoms with Gasteiger partial charge in [0.05, 0.1) is 5.69 Å². The number of aromatic nitrogens is 1. The Bertz CT molecular complexity index is 381. The van der Waals surface area contributed by atoms with Crippen molar-refractivity contribution in [1.82, 2.24) is 10.3 Å². The van der Waals surface area contributed by atoms with Crippen LogP contribution < -0.4 is 5.32 Å². The number of rotatable bonds is 3. The van der Waals surface area contributed by atoms with Gasteiger partial charge in [-0.3, -0.25) is 0 Å². The smallest absolute Gasteiger partial charge is 0.436 e. The molecule has 2 rings (SSSR count). The molecule has 1 aromatic rings. The second-order valence-electron chi connectivity index (χ2n) is 4.23. The van der Waals surface area contributed by atoms with Gasteiger partial charge in [0.15, 0.2) is 5.89 Å². The molecule has 1 unspecified atom stereocenters. The van der Waals surface area contributed by atoms with Gasteiger partial charge in [0, 0.05) is 12.5 Å². The van der Waals surface area contributed by atoms with Crippen molar-refractivity contribution in [3.05, 3.63) is 17.3 Å². The lowest BCUT2D eigenvalue weighted by Crippen LogP contribution is -2.23. The van der Waals surface area contributed by atoms with E-state index in [9.17, 15) is 13.2 Å². The molecular formula is C11H15F3N2O. The molecule has 0 aliphatic carbocycles. The zero-order chi connectivity index (χ0) is 12.5. The Morgan fingerprint density at radius 1 is 1.47 bits per heavy atom. The van der Waals surface area contributed by atoms with Gasteiger partial charge in [-0.15, -0.1) is 0 Å². The number of halogens is 3. The Morgan fingerprint density at radius 2 is 2.24 bits per heavy atom. The van der Waals surface area contributed by atoms with Gasteiger partial charge >= 0.3 is 6.18 Å². The monoisotopic (exact) mass is 248 g/mol. The second-order valence-corrected chi connectivity index (χ2v) is 4.23. The summed E-state index contributed by atoms with van der Waals surface area (Å²) in [6.07, 6.45) is -1.76. The number of hydrogen-bond donors (Lipinski definition) is 1. The first kappa shape index (κ1) is 12.4. The Balaban J connectivity index is 2.15. The van der Waals surface area contributed by atoms with Crippen LogP contribution in [0.5, 0.6) is 0 Å². The molecule has 1 aliphatic rings. The Kier molecular flexibility index (Phi) is 3.42. The van der Waals surface area contributed by atoms with Crippen molar-refractivity contribution in [3.8, 4) is 0 Å². The van der Waals surface area contributed by atoms with Crippen molar-refractivity contribution in [3.63, 3.8) is 0 Å². The zero-order valence-corrected chi connectivity index (χ0v) is 9.60. The minimum absolute atomic E-state index is 0.00509. The lowest BCUT2D eigenvalue weighted by molar-refractivity contribution is -0.154. The van der Waals surface area contributed by atoms with Crippen LogP contribution in [0.4, 0.5) is 13.2 Å². The molecule has 1 fully saturated rings. The largest absolute Gasteiger partial charge is 0.451 e. The van der Waals surface area contributed by atoms with Gasteiger partial charge < -0.3 is 9.73 Å². The van der Waals surface area contributed by atoms with E-state index in [1.54, 1.807) is 6.92 Å². The maximum absolute atomic E-state index is 12.6. The second kappa shape index (κ2) is 4.68. The van der Waals surface area contributed by atoms with Gasteiger partial charge in [0.2, 0.25) is 5.76 Å². The van der Waals surface area contributed by atoms with Crippen LogP contribution in [0.3, 0.4) is 0 Å². The summed E-state index contributed by atoms with van der Waals surface area (Å²) >= 11 is 0. The van der Waals surface area contributed by atoms with E-state index in [1.807, 2.05) is 0 Å². The van der Waals surface area contributed by atoms with Crippen LogP contribution in [-0.2, 0) is 19.0 Å². The standard InChI is InChI=1S/C11H15F3N2O/c1-2-8-10(11(12,13)14)17-9(16-8)6-7-4-3-5-15-7/h7,15H,2-6H2,1H3. The van der Waals surface area contributed by atoms with Crippen LogP contribution in [-0.4, -0.2) is 17.6 Å². The van der Waals surface area contributed by atoms with Crippen LogP contribution >= 0.6 is 0 Å². The molecule has 96 valence electrons. The molecule has 0 aromatic carbocycles. The topological polar surface area (TPSA) is 38.1 Å². The highest BCUT2D eigenvalue weighted by atomic mass is 19.4. The first-order chi connectivity index (χ1) is 8.00. The number of alkyl halides is 3. The maximum Gasteiger partial charge on any atom is 0.451 e.